The van der Waals surface area contributed by atoms with Crippen LogP contribution in [0.5, 0.6) is 5.75 Å². The summed E-state index contributed by atoms with van der Waals surface area (Å²) in [5, 5.41) is 3.19. The maximum atomic E-state index is 13.9. The Kier molecular flexibility index (Phi) is 8.19. The Bertz CT molecular complexity index is 950. The first-order valence-corrected chi connectivity index (χ1v) is 12.2. The van der Waals surface area contributed by atoms with Gasteiger partial charge in [-0.05, 0) is 62.1 Å². The maximum Gasteiger partial charge on any atom is 0.251 e. The molecule has 6 nitrogen and oxygen atoms in total. The van der Waals surface area contributed by atoms with E-state index in [2.05, 4.69) is 41.1 Å². The van der Waals surface area contributed by atoms with Crippen molar-refractivity contribution in [2.75, 3.05) is 33.3 Å². The monoisotopic (exact) mass is 469 g/mol. The van der Waals surface area contributed by atoms with Crippen molar-refractivity contribution in [1.82, 2.24) is 15.1 Å². The minimum Gasteiger partial charge on any atom is -0.494 e. The van der Waals surface area contributed by atoms with Gasteiger partial charge in [0.05, 0.1) is 19.3 Å². The van der Waals surface area contributed by atoms with Crippen molar-refractivity contribution in [3.05, 3.63) is 65.0 Å². The number of rotatable bonds is 7. The lowest BCUT2D eigenvalue weighted by atomic mass is 10.0. The highest BCUT2D eigenvalue weighted by Crippen LogP contribution is 2.21. The number of nitrogens with zero attached hydrogens (tertiary/aromatic N) is 2. The second kappa shape index (κ2) is 11.3. The molecule has 2 saturated heterocycles. The smallest absolute Gasteiger partial charge is 0.251 e. The lowest BCUT2D eigenvalue weighted by Gasteiger charge is -2.35. The largest absolute Gasteiger partial charge is 0.494 e. The molecule has 2 aliphatic heterocycles. The highest BCUT2D eigenvalue weighted by Gasteiger charge is 2.23. The molecule has 184 valence electrons. The number of likely N-dealkylation sites (tertiary alicyclic amines) is 1. The van der Waals surface area contributed by atoms with Gasteiger partial charge in [0.25, 0.3) is 5.91 Å². The average molecular weight is 470 g/mol. The van der Waals surface area contributed by atoms with E-state index in [-0.39, 0.29) is 35.7 Å². The van der Waals surface area contributed by atoms with Gasteiger partial charge in [-0.1, -0.05) is 18.2 Å². The number of hydrogen-bond donors (Lipinski definition) is 1. The van der Waals surface area contributed by atoms with Crippen LogP contribution in [-0.4, -0.2) is 67.2 Å². The Morgan fingerprint density at radius 1 is 1.00 bits per heavy atom. The summed E-state index contributed by atoms with van der Waals surface area (Å²) in [4.78, 5) is 17.5. The zero-order chi connectivity index (χ0) is 24.1. The molecule has 2 heterocycles. The molecule has 2 fully saturated rings. The Labute approximate surface area is 202 Å². The van der Waals surface area contributed by atoms with E-state index in [1.807, 2.05) is 18.2 Å². The number of carbonyl (C=O) groups is 1. The third-order valence-corrected chi connectivity index (χ3v) is 6.66. The molecule has 0 saturated carbocycles. The van der Waals surface area contributed by atoms with Crippen LogP contribution in [0, 0.1) is 5.82 Å². The van der Waals surface area contributed by atoms with Gasteiger partial charge < -0.3 is 14.8 Å². The van der Waals surface area contributed by atoms with Crippen molar-refractivity contribution in [3.8, 4) is 5.75 Å². The van der Waals surface area contributed by atoms with E-state index >= 15 is 0 Å². The lowest BCUT2D eigenvalue weighted by molar-refractivity contribution is -0.0704. The first kappa shape index (κ1) is 24.6. The predicted octanol–water partition coefficient (Wildman–Crippen LogP) is 3.84. The lowest BCUT2D eigenvalue weighted by Crippen LogP contribution is -2.44. The summed E-state index contributed by atoms with van der Waals surface area (Å²) >= 11 is 0. The molecule has 2 aromatic rings. The van der Waals surface area contributed by atoms with Crippen molar-refractivity contribution >= 4 is 5.91 Å². The quantitative estimate of drug-likeness (QED) is 0.668. The molecule has 1 N–H and O–H groups in total. The molecule has 2 aliphatic rings. The Morgan fingerprint density at radius 3 is 2.24 bits per heavy atom. The fourth-order valence-electron chi connectivity index (χ4n) is 5.00. The van der Waals surface area contributed by atoms with Crippen LogP contribution in [0.2, 0.25) is 0 Å². The van der Waals surface area contributed by atoms with Crippen molar-refractivity contribution in [2.45, 2.75) is 58.0 Å². The van der Waals surface area contributed by atoms with Crippen molar-refractivity contribution in [3.63, 3.8) is 0 Å². The molecule has 0 aromatic heterocycles. The first-order valence-electron chi connectivity index (χ1n) is 12.2. The minimum atomic E-state index is -0.331. The predicted molar refractivity (Wildman–Crippen MR) is 130 cm³/mol. The Hall–Kier alpha value is -2.48. The molecule has 1 amide bonds. The third kappa shape index (κ3) is 6.56. The van der Waals surface area contributed by atoms with Gasteiger partial charge in [-0.2, -0.15) is 0 Å². The van der Waals surface area contributed by atoms with Gasteiger partial charge >= 0.3 is 0 Å². The molecular formula is C27H36FN3O3. The fraction of sp³-hybridized carbons (Fsp3) is 0.519. The summed E-state index contributed by atoms with van der Waals surface area (Å²) < 4.78 is 24.7. The standard InChI is InChI=1S/C27H36FN3O3/c1-19-15-31(16-20(2)34-19)17-21-4-7-23(8-5-21)27(32)29-24-10-12-30(13-11-24)18-22-6-9-26(33-3)25(28)14-22/h4-9,14,19-20,24H,10-13,15-18H2,1-3H3,(H,29,32). The maximum absolute atomic E-state index is 13.9. The highest BCUT2D eigenvalue weighted by atomic mass is 19.1. The summed E-state index contributed by atoms with van der Waals surface area (Å²) in [5.74, 6) is -0.0819. The molecular weight excluding hydrogens is 433 g/mol. The van der Waals surface area contributed by atoms with Crippen molar-refractivity contribution < 1.29 is 18.7 Å². The number of halogens is 1. The Balaban J connectivity index is 1.22. The van der Waals surface area contributed by atoms with Crippen molar-refractivity contribution in [2.24, 2.45) is 0 Å². The molecule has 4 rings (SSSR count). The van der Waals surface area contributed by atoms with Gasteiger partial charge in [0.1, 0.15) is 0 Å². The topological polar surface area (TPSA) is 54.0 Å². The zero-order valence-electron chi connectivity index (χ0n) is 20.4. The summed E-state index contributed by atoms with van der Waals surface area (Å²) in [6.07, 6.45) is 2.27. The van der Waals surface area contributed by atoms with Gasteiger partial charge in [-0.15, -0.1) is 0 Å². The van der Waals surface area contributed by atoms with Gasteiger partial charge in [-0.25, -0.2) is 4.39 Å². The summed E-state index contributed by atoms with van der Waals surface area (Å²) in [7, 11) is 1.47. The number of carbonyl (C=O) groups excluding carboxylic acids is 1. The SMILES string of the molecule is COc1ccc(CN2CCC(NC(=O)c3ccc(CN4CC(C)OC(C)C4)cc3)CC2)cc1F. The minimum absolute atomic E-state index is 0.0177. The molecule has 0 aliphatic carbocycles. The highest BCUT2D eigenvalue weighted by molar-refractivity contribution is 5.94. The number of piperidine rings is 1. The van der Waals surface area contributed by atoms with E-state index in [0.29, 0.717) is 12.1 Å². The van der Waals surface area contributed by atoms with Crippen LogP contribution in [0.25, 0.3) is 0 Å². The van der Waals surface area contributed by atoms with Crippen LogP contribution in [0.1, 0.15) is 48.2 Å². The zero-order valence-corrected chi connectivity index (χ0v) is 20.4. The van der Waals surface area contributed by atoms with Gasteiger partial charge in [0, 0.05) is 50.9 Å². The number of ether oxygens (including phenoxy) is 2. The van der Waals surface area contributed by atoms with Crippen LogP contribution >= 0.6 is 0 Å². The van der Waals surface area contributed by atoms with Gasteiger partial charge in [-0.3, -0.25) is 14.6 Å². The van der Waals surface area contributed by atoms with Crippen LogP contribution in [0.4, 0.5) is 4.39 Å². The average Bonchev–Trinajstić information content (AvgIpc) is 2.80. The Morgan fingerprint density at radius 2 is 1.62 bits per heavy atom. The number of hydrogen-bond acceptors (Lipinski definition) is 5. The van der Waals surface area contributed by atoms with E-state index in [9.17, 15) is 9.18 Å². The first-order chi connectivity index (χ1) is 16.4. The normalized spacial score (nSPS) is 22.5. The third-order valence-electron chi connectivity index (χ3n) is 6.66. The summed E-state index contributed by atoms with van der Waals surface area (Å²) in [6.45, 7) is 9.39. The second-order valence-electron chi connectivity index (χ2n) is 9.64. The van der Waals surface area contributed by atoms with E-state index in [1.54, 1.807) is 6.07 Å². The summed E-state index contributed by atoms with van der Waals surface area (Å²) in [6, 6.07) is 13.2. The molecule has 0 radical (unpaired) electrons. The molecule has 2 unspecified atom stereocenters. The molecule has 0 spiro atoms. The number of morpholine rings is 1. The summed E-state index contributed by atoms with van der Waals surface area (Å²) in [5.41, 5.74) is 2.84. The second-order valence-corrected chi connectivity index (χ2v) is 9.64. The molecule has 7 heteroatoms. The molecule has 34 heavy (non-hydrogen) atoms. The van der Waals surface area contributed by atoms with Gasteiger partial charge in [0.15, 0.2) is 11.6 Å². The van der Waals surface area contributed by atoms with Crippen LogP contribution in [-0.2, 0) is 17.8 Å². The van der Waals surface area contributed by atoms with Crippen LogP contribution in [0.3, 0.4) is 0 Å². The number of nitrogens with one attached hydrogen (secondary N) is 1. The number of benzene rings is 2. The molecule has 0 bridgehead atoms. The van der Waals surface area contributed by atoms with E-state index in [4.69, 9.17) is 9.47 Å². The van der Waals surface area contributed by atoms with E-state index < -0.39 is 0 Å². The number of amides is 1. The fourth-order valence-corrected chi connectivity index (χ4v) is 5.00. The molecule has 2 atom stereocenters. The van der Waals surface area contributed by atoms with Crippen LogP contribution in [0.15, 0.2) is 42.5 Å². The number of methoxy groups -OCH3 is 1. The van der Waals surface area contributed by atoms with E-state index in [1.165, 1.54) is 18.7 Å². The van der Waals surface area contributed by atoms with Gasteiger partial charge in [0.2, 0.25) is 0 Å². The van der Waals surface area contributed by atoms with Crippen LogP contribution < -0.4 is 10.1 Å². The van der Waals surface area contributed by atoms with E-state index in [0.717, 1.165) is 51.1 Å². The molecule has 2 aromatic carbocycles. The van der Waals surface area contributed by atoms with Crippen molar-refractivity contribution in [1.29, 1.82) is 0 Å².